The Morgan fingerprint density at radius 2 is 1.62 bits per heavy atom. The van der Waals surface area contributed by atoms with Crippen LogP contribution in [0, 0.1) is 0 Å². The first-order chi connectivity index (χ1) is 6.40. The van der Waals surface area contributed by atoms with E-state index in [1.807, 2.05) is 53.4 Å². The molecule has 0 aliphatic heterocycles. The molecule has 0 aliphatic carbocycles. The van der Waals surface area contributed by atoms with Gasteiger partial charge in [0.1, 0.15) is 6.61 Å². The molecule has 0 saturated heterocycles. The fourth-order valence-corrected chi connectivity index (χ4v) is 1.27. The molecule has 1 aromatic heterocycles. The smallest absolute Gasteiger partial charge is 0.107 e. The average molecular weight is 172 g/mol. The van der Waals surface area contributed by atoms with Crippen LogP contribution in [0.3, 0.4) is 0 Å². The standard InChI is InChI=1S/C11H10NO/c13-9-10-3-5-11(6-4-10)12-7-1-2-8-12/h1-8H,9H2. The summed E-state index contributed by atoms with van der Waals surface area (Å²) in [5.41, 5.74) is 1.91. The van der Waals surface area contributed by atoms with E-state index in [4.69, 9.17) is 0 Å². The Hall–Kier alpha value is -1.54. The Kier molecular flexibility index (Phi) is 2.15. The van der Waals surface area contributed by atoms with E-state index >= 15 is 0 Å². The van der Waals surface area contributed by atoms with Gasteiger partial charge in [-0.05, 0) is 29.8 Å². The molecule has 65 valence electrons. The Bertz CT molecular complexity index is 361. The Morgan fingerprint density at radius 1 is 1.00 bits per heavy atom. The SMILES string of the molecule is [O]Cc1ccc(-n2cccc2)cc1. The van der Waals surface area contributed by atoms with Crippen LogP contribution in [-0.2, 0) is 11.7 Å². The maximum absolute atomic E-state index is 10.5. The van der Waals surface area contributed by atoms with Crippen LogP contribution in [0.25, 0.3) is 5.69 Å². The Morgan fingerprint density at radius 3 is 2.15 bits per heavy atom. The van der Waals surface area contributed by atoms with Gasteiger partial charge in [0.05, 0.1) is 0 Å². The summed E-state index contributed by atoms with van der Waals surface area (Å²) >= 11 is 0. The van der Waals surface area contributed by atoms with E-state index in [1.54, 1.807) is 0 Å². The van der Waals surface area contributed by atoms with Crippen LogP contribution in [0.4, 0.5) is 0 Å². The van der Waals surface area contributed by atoms with E-state index in [9.17, 15) is 5.11 Å². The maximum Gasteiger partial charge on any atom is 0.107 e. The van der Waals surface area contributed by atoms with Gasteiger partial charge in [-0.3, -0.25) is 0 Å². The van der Waals surface area contributed by atoms with Gasteiger partial charge in [-0.1, -0.05) is 12.1 Å². The van der Waals surface area contributed by atoms with Crippen molar-refractivity contribution < 1.29 is 5.11 Å². The quantitative estimate of drug-likeness (QED) is 0.664. The molecule has 2 nitrogen and oxygen atoms in total. The number of aromatic nitrogens is 1. The molecule has 1 heterocycles. The van der Waals surface area contributed by atoms with Crippen molar-refractivity contribution in [2.45, 2.75) is 6.61 Å². The summed E-state index contributed by atoms with van der Waals surface area (Å²) in [6, 6.07) is 11.6. The minimum absolute atomic E-state index is 0.147. The fourth-order valence-electron chi connectivity index (χ4n) is 1.27. The van der Waals surface area contributed by atoms with E-state index in [2.05, 4.69) is 0 Å². The second-order valence-electron chi connectivity index (χ2n) is 2.90. The maximum atomic E-state index is 10.5. The number of hydrogen-bond acceptors (Lipinski definition) is 0. The first kappa shape index (κ1) is 8.08. The van der Waals surface area contributed by atoms with Crippen molar-refractivity contribution in [2.75, 3.05) is 0 Å². The first-order valence-electron chi connectivity index (χ1n) is 4.20. The summed E-state index contributed by atoms with van der Waals surface area (Å²) in [4.78, 5) is 0. The van der Waals surface area contributed by atoms with Crippen molar-refractivity contribution in [2.24, 2.45) is 0 Å². The lowest BCUT2D eigenvalue weighted by Crippen LogP contribution is -1.89. The van der Waals surface area contributed by atoms with E-state index in [-0.39, 0.29) is 6.61 Å². The molecule has 2 heteroatoms. The van der Waals surface area contributed by atoms with Gasteiger partial charge < -0.3 is 4.57 Å². The predicted molar refractivity (Wildman–Crippen MR) is 50.2 cm³/mol. The van der Waals surface area contributed by atoms with Crippen LogP contribution in [0.2, 0.25) is 0 Å². The summed E-state index contributed by atoms with van der Waals surface area (Å²) in [6.45, 7) is -0.147. The molecule has 0 spiro atoms. The molecular weight excluding hydrogens is 162 g/mol. The number of benzene rings is 1. The van der Waals surface area contributed by atoms with Crippen LogP contribution >= 0.6 is 0 Å². The van der Waals surface area contributed by atoms with Gasteiger partial charge in [-0.25, -0.2) is 5.11 Å². The lowest BCUT2D eigenvalue weighted by Gasteiger charge is -2.02. The second-order valence-corrected chi connectivity index (χ2v) is 2.90. The monoisotopic (exact) mass is 172 g/mol. The molecule has 0 atom stereocenters. The molecule has 2 rings (SSSR count). The van der Waals surface area contributed by atoms with Crippen molar-refractivity contribution in [3.8, 4) is 5.69 Å². The number of hydrogen-bond donors (Lipinski definition) is 0. The van der Waals surface area contributed by atoms with Crippen molar-refractivity contribution in [3.63, 3.8) is 0 Å². The van der Waals surface area contributed by atoms with Crippen LogP contribution in [-0.4, -0.2) is 4.57 Å². The summed E-state index contributed by atoms with van der Waals surface area (Å²) < 4.78 is 2.01. The van der Waals surface area contributed by atoms with Gasteiger partial charge in [0, 0.05) is 18.1 Å². The second kappa shape index (κ2) is 3.46. The van der Waals surface area contributed by atoms with Crippen molar-refractivity contribution in [1.29, 1.82) is 0 Å². The molecule has 13 heavy (non-hydrogen) atoms. The molecule has 0 N–H and O–H groups in total. The highest BCUT2D eigenvalue weighted by molar-refractivity contribution is 5.34. The number of rotatable bonds is 2. The van der Waals surface area contributed by atoms with Crippen molar-refractivity contribution in [1.82, 2.24) is 4.57 Å². The summed E-state index contributed by atoms with van der Waals surface area (Å²) in [6.07, 6.45) is 3.96. The lowest BCUT2D eigenvalue weighted by atomic mass is 10.2. The van der Waals surface area contributed by atoms with Crippen molar-refractivity contribution in [3.05, 3.63) is 54.4 Å². The van der Waals surface area contributed by atoms with Crippen LogP contribution in [0.15, 0.2) is 48.8 Å². The summed E-state index contributed by atoms with van der Waals surface area (Å²) in [5.74, 6) is 0. The van der Waals surface area contributed by atoms with Crippen LogP contribution in [0.5, 0.6) is 0 Å². The average Bonchev–Trinajstić information content (AvgIpc) is 2.71. The molecule has 1 radical (unpaired) electrons. The van der Waals surface area contributed by atoms with Gasteiger partial charge in [0.15, 0.2) is 0 Å². The highest BCUT2D eigenvalue weighted by Crippen LogP contribution is 2.09. The third kappa shape index (κ3) is 1.63. The molecule has 2 aromatic rings. The molecule has 0 saturated carbocycles. The minimum Gasteiger partial charge on any atom is -0.324 e. The largest absolute Gasteiger partial charge is 0.324 e. The molecule has 0 bridgehead atoms. The van der Waals surface area contributed by atoms with Gasteiger partial charge in [-0.15, -0.1) is 0 Å². The van der Waals surface area contributed by atoms with Gasteiger partial charge in [0.25, 0.3) is 0 Å². The molecule has 0 unspecified atom stereocenters. The Labute approximate surface area is 77.1 Å². The third-order valence-electron chi connectivity index (χ3n) is 2.01. The van der Waals surface area contributed by atoms with E-state index in [1.165, 1.54) is 0 Å². The van der Waals surface area contributed by atoms with Gasteiger partial charge in [0.2, 0.25) is 0 Å². The topological polar surface area (TPSA) is 24.8 Å². The third-order valence-corrected chi connectivity index (χ3v) is 2.01. The summed E-state index contributed by atoms with van der Waals surface area (Å²) in [5, 5.41) is 10.5. The fraction of sp³-hybridized carbons (Fsp3) is 0.0909. The predicted octanol–water partition coefficient (Wildman–Crippen LogP) is 2.41. The lowest BCUT2D eigenvalue weighted by molar-refractivity contribution is 0.177. The van der Waals surface area contributed by atoms with E-state index < -0.39 is 0 Å². The van der Waals surface area contributed by atoms with Crippen molar-refractivity contribution >= 4 is 0 Å². The molecule has 0 fully saturated rings. The number of nitrogens with zero attached hydrogens (tertiary/aromatic N) is 1. The van der Waals surface area contributed by atoms with Gasteiger partial charge in [-0.2, -0.15) is 0 Å². The highest BCUT2D eigenvalue weighted by Gasteiger charge is 1.94. The minimum atomic E-state index is -0.147. The zero-order valence-corrected chi connectivity index (χ0v) is 7.18. The molecule has 0 aliphatic rings. The first-order valence-corrected chi connectivity index (χ1v) is 4.20. The van der Waals surface area contributed by atoms with E-state index in [0.29, 0.717) is 0 Å². The molecular formula is C11H10NO. The summed E-state index contributed by atoms with van der Waals surface area (Å²) in [7, 11) is 0. The van der Waals surface area contributed by atoms with Crippen LogP contribution in [0.1, 0.15) is 5.56 Å². The van der Waals surface area contributed by atoms with Gasteiger partial charge >= 0.3 is 0 Å². The normalized spacial score (nSPS) is 10.2. The zero-order chi connectivity index (χ0) is 9.10. The zero-order valence-electron chi connectivity index (χ0n) is 7.18. The molecule has 1 aromatic carbocycles. The molecule has 0 amide bonds. The van der Waals surface area contributed by atoms with Crippen LogP contribution < -0.4 is 0 Å². The Balaban J connectivity index is 2.33. The highest BCUT2D eigenvalue weighted by atomic mass is 16.3. The van der Waals surface area contributed by atoms with E-state index in [0.717, 1.165) is 11.3 Å².